The second-order valence-corrected chi connectivity index (χ2v) is 4.55. The van der Waals surface area contributed by atoms with Crippen molar-refractivity contribution in [3.05, 3.63) is 23.8 Å². The van der Waals surface area contributed by atoms with Crippen LogP contribution in [-0.2, 0) is 10.2 Å². The van der Waals surface area contributed by atoms with Gasteiger partial charge in [0.05, 0.1) is 19.6 Å². The molecule has 2 rings (SSSR count). The number of carbonyl (C=O) groups excluding carboxylic acids is 1. The molecule has 3 nitrogen and oxygen atoms in total. The van der Waals surface area contributed by atoms with Gasteiger partial charge in [0.2, 0.25) is 0 Å². The summed E-state index contributed by atoms with van der Waals surface area (Å²) in [4.78, 5) is 11.5. The fraction of sp³-hybridized carbons (Fsp3) is 0.500. The van der Waals surface area contributed by atoms with Crippen molar-refractivity contribution in [2.45, 2.75) is 31.1 Å². The number of carbonyl (C=O) groups is 1. The van der Waals surface area contributed by atoms with Crippen LogP contribution in [0.5, 0.6) is 11.5 Å². The first-order valence-electron chi connectivity index (χ1n) is 5.94. The Kier molecular flexibility index (Phi) is 3.36. The monoisotopic (exact) mass is 234 g/mol. The first-order chi connectivity index (χ1) is 8.25. The van der Waals surface area contributed by atoms with E-state index in [2.05, 4.69) is 0 Å². The molecule has 1 aromatic carbocycles. The molecular weight excluding hydrogens is 216 g/mol. The van der Waals surface area contributed by atoms with E-state index in [1.54, 1.807) is 14.2 Å². The third-order valence-electron chi connectivity index (χ3n) is 3.67. The molecule has 3 heteroatoms. The average Bonchev–Trinajstić information content (AvgIpc) is 2.87. The van der Waals surface area contributed by atoms with Gasteiger partial charge in [0.1, 0.15) is 17.8 Å². The molecular formula is C14H18O3. The molecule has 1 aromatic rings. The largest absolute Gasteiger partial charge is 0.497 e. The molecule has 1 aliphatic carbocycles. The molecule has 0 bridgehead atoms. The predicted molar refractivity (Wildman–Crippen MR) is 65.8 cm³/mol. The van der Waals surface area contributed by atoms with E-state index in [0.29, 0.717) is 0 Å². The molecule has 0 heterocycles. The molecule has 0 spiro atoms. The van der Waals surface area contributed by atoms with Crippen molar-refractivity contribution in [1.29, 1.82) is 0 Å². The summed E-state index contributed by atoms with van der Waals surface area (Å²) in [7, 11) is 3.26. The van der Waals surface area contributed by atoms with Crippen LogP contribution in [0.3, 0.4) is 0 Å². The number of aldehydes is 1. The van der Waals surface area contributed by atoms with E-state index in [0.717, 1.165) is 49.0 Å². The number of hydrogen-bond donors (Lipinski definition) is 0. The molecule has 0 saturated heterocycles. The van der Waals surface area contributed by atoms with Crippen LogP contribution in [0.15, 0.2) is 18.2 Å². The molecule has 0 N–H and O–H groups in total. The van der Waals surface area contributed by atoms with Crippen molar-refractivity contribution in [1.82, 2.24) is 0 Å². The normalized spacial score (nSPS) is 17.8. The van der Waals surface area contributed by atoms with E-state index < -0.39 is 0 Å². The lowest BCUT2D eigenvalue weighted by molar-refractivity contribution is -0.112. The third kappa shape index (κ3) is 2.02. The Balaban J connectivity index is 2.46. The maximum atomic E-state index is 11.5. The molecule has 1 aliphatic rings. The molecule has 1 fully saturated rings. The van der Waals surface area contributed by atoms with Crippen molar-refractivity contribution in [2.75, 3.05) is 14.2 Å². The predicted octanol–water partition coefficient (Wildman–Crippen LogP) is 2.71. The Morgan fingerprint density at radius 3 is 2.41 bits per heavy atom. The Labute approximate surface area is 102 Å². The van der Waals surface area contributed by atoms with E-state index in [1.807, 2.05) is 18.2 Å². The van der Waals surface area contributed by atoms with Crippen molar-refractivity contribution >= 4 is 6.29 Å². The molecule has 0 atom stereocenters. The second-order valence-electron chi connectivity index (χ2n) is 4.55. The summed E-state index contributed by atoms with van der Waals surface area (Å²) in [6.45, 7) is 0. The van der Waals surface area contributed by atoms with Gasteiger partial charge in [0.25, 0.3) is 0 Å². The smallest absolute Gasteiger partial charge is 0.130 e. The highest BCUT2D eigenvalue weighted by molar-refractivity contribution is 5.71. The fourth-order valence-electron chi connectivity index (χ4n) is 2.67. The van der Waals surface area contributed by atoms with Crippen LogP contribution in [-0.4, -0.2) is 20.5 Å². The lowest BCUT2D eigenvalue weighted by Crippen LogP contribution is -2.24. The Morgan fingerprint density at radius 1 is 1.18 bits per heavy atom. The third-order valence-corrected chi connectivity index (χ3v) is 3.67. The molecule has 0 aliphatic heterocycles. The fourth-order valence-corrected chi connectivity index (χ4v) is 2.67. The Morgan fingerprint density at radius 2 is 1.88 bits per heavy atom. The standard InChI is InChI=1S/C14H18O3/c1-16-11-5-6-12(13(9-11)17-2)14(10-15)7-3-4-8-14/h5-6,9-10H,3-4,7-8H2,1-2H3. The topological polar surface area (TPSA) is 35.5 Å². The number of ether oxygens (including phenoxy) is 2. The van der Waals surface area contributed by atoms with Crippen molar-refractivity contribution < 1.29 is 14.3 Å². The summed E-state index contributed by atoms with van der Waals surface area (Å²) in [5.41, 5.74) is 0.644. The highest BCUT2D eigenvalue weighted by Crippen LogP contribution is 2.44. The van der Waals surface area contributed by atoms with Crippen LogP contribution >= 0.6 is 0 Å². The molecule has 0 amide bonds. The second kappa shape index (κ2) is 4.78. The minimum absolute atomic E-state index is 0.350. The van der Waals surface area contributed by atoms with Gasteiger partial charge in [-0.1, -0.05) is 18.9 Å². The molecule has 92 valence electrons. The first-order valence-corrected chi connectivity index (χ1v) is 5.94. The zero-order valence-electron chi connectivity index (χ0n) is 10.4. The summed E-state index contributed by atoms with van der Waals surface area (Å²) in [6, 6.07) is 5.69. The van der Waals surface area contributed by atoms with Gasteiger partial charge < -0.3 is 14.3 Å². The summed E-state index contributed by atoms with van der Waals surface area (Å²) < 4.78 is 10.6. The van der Waals surface area contributed by atoms with E-state index >= 15 is 0 Å². The van der Waals surface area contributed by atoms with Gasteiger partial charge in [-0.25, -0.2) is 0 Å². The number of hydrogen-bond acceptors (Lipinski definition) is 3. The van der Waals surface area contributed by atoms with Crippen molar-refractivity contribution in [3.63, 3.8) is 0 Å². The average molecular weight is 234 g/mol. The minimum Gasteiger partial charge on any atom is -0.497 e. The molecule has 17 heavy (non-hydrogen) atoms. The van der Waals surface area contributed by atoms with Crippen molar-refractivity contribution in [2.24, 2.45) is 0 Å². The SMILES string of the molecule is COc1ccc(C2(C=O)CCCC2)c(OC)c1. The Bertz CT molecular complexity index is 406. The molecule has 0 aromatic heterocycles. The van der Waals surface area contributed by atoms with Gasteiger partial charge in [0, 0.05) is 11.6 Å². The van der Waals surface area contributed by atoms with Crippen LogP contribution < -0.4 is 9.47 Å². The highest BCUT2D eigenvalue weighted by Gasteiger charge is 2.37. The molecule has 1 saturated carbocycles. The Hall–Kier alpha value is -1.51. The zero-order chi connectivity index (χ0) is 12.3. The van der Waals surface area contributed by atoms with Gasteiger partial charge in [-0.2, -0.15) is 0 Å². The summed E-state index contributed by atoms with van der Waals surface area (Å²) >= 11 is 0. The van der Waals surface area contributed by atoms with Crippen LogP contribution in [0.4, 0.5) is 0 Å². The van der Waals surface area contributed by atoms with Gasteiger partial charge >= 0.3 is 0 Å². The van der Waals surface area contributed by atoms with E-state index in [9.17, 15) is 4.79 Å². The van der Waals surface area contributed by atoms with Gasteiger partial charge in [-0.3, -0.25) is 0 Å². The maximum Gasteiger partial charge on any atom is 0.130 e. The van der Waals surface area contributed by atoms with E-state index in [1.165, 1.54) is 0 Å². The quantitative estimate of drug-likeness (QED) is 0.751. The van der Waals surface area contributed by atoms with E-state index in [-0.39, 0.29) is 5.41 Å². The van der Waals surface area contributed by atoms with Gasteiger partial charge in [0.15, 0.2) is 0 Å². The van der Waals surface area contributed by atoms with Crippen LogP contribution in [0.1, 0.15) is 31.2 Å². The molecule has 0 radical (unpaired) electrons. The van der Waals surface area contributed by atoms with Gasteiger partial charge in [-0.05, 0) is 18.9 Å². The van der Waals surface area contributed by atoms with Crippen LogP contribution in [0, 0.1) is 0 Å². The first kappa shape index (κ1) is 12.0. The van der Waals surface area contributed by atoms with Crippen LogP contribution in [0.2, 0.25) is 0 Å². The maximum absolute atomic E-state index is 11.5. The van der Waals surface area contributed by atoms with Gasteiger partial charge in [-0.15, -0.1) is 0 Å². The lowest BCUT2D eigenvalue weighted by Gasteiger charge is -2.24. The number of rotatable bonds is 4. The minimum atomic E-state index is -0.350. The molecule has 0 unspecified atom stereocenters. The highest BCUT2D eigenvalue weighted by atomic mass is 16.5. The number of benzene rings is 1. The van der Waals surface area contributed by atoms with E-state index in [4.69, 9.17) is 9.47 Å². The summed E-state index contributed by atoms with van der Waals surface area (Å²) in [6.07, 6.45) is 5.13. The van der Waals surface area contributed by atoms with Crippen LogP contribution in [0.25, 0.3) is 0 Å². The number of methoxy groups -OCH3 is 2. The lowest BCUT2D eigenvalue weighted by atomic mass is 9.80. The summed E-state index contributed by atoms with van der Waals surface area (Å²) in [5, 5.41) is 0. The van der Waals surface area contributed by atoms with Crippen molar-refractivity contribution in [3.8, 4) is 11.5 Å². The zero-order valence-corrected chi connectivity index (χ0v) is 10.4. The summed E-state index contributed by atoms with van der Waals surface area (Å²) in [5.74, 6) is 1.50.